The number of nitrogens with two attached hydrogens (primary N) is 2. The minimum atomic E-state index is -1.31. The zero-order chi connectivity index (χ0) is 18.0. The number of carboxylic acids is 2. The molecule has 8 heteroatoms. The molecule has 2 aromatic carbocycles. The van der Waals surface area contributed by atoms with E-state index in [0.717, 1.165) is 0 Å². The Morgan fingerprint density at radius 2 is 0.958 bits per heavy atom. The van der Waals surface area contributed by atoms with E-state index < -0.39 is 23.8 Å². The normalized spacial score (nSPS) is 10.2. The van der Waals surface area contributed by atoms with Crippen LogP contribution in [0.5, 0.6) is 0 Å². The summed E-state index contributed by atoms with van der Waals surface area (Å²) in [6.45, 7) is 0. The summed E-state index contributed by atoms with van der Waals surface area (Å²) in [6.07, 6.45) is 0. The molecular formula is C16H12N2O6. The van der Waals surface area contributed by atoms with Gasteiger partial charge in [-0.1, -0.05) is 12.1 Å². The average Bonchev–Trinajstić information content (AvgIpc) is 2.53. The summed E-state index contributed by atoms with van der Waals surface area (Å²) in [5.41, 5.74) is 10.2. The Labute approximate surface area is 135 Å². The van der Waals surface area contributed by atoms with Gasteiger partial charge in [0.05, 0.1) is 22.3 Å². The fourth-order valence-corrected chi connectivity index (χ4v) is 2.23. The van der Waals surface area contributed by atoms with Crippen molar-refractivity contribution in [2.24, 2.45) is 11.5 Å². The van der Waals surface area contributed by atoms with Crippen LogP contribution >= 0.6 is 0 Å². The maximum absolute atomic E-state index is 11.4. The van der Waals surface area contributed by atoms with E-state index in [9.17, 15) is 19.2 Å². The number of amides is 2. The summed E-state index contributed by atoms with van der Waals surface area (Å²) in [4.78, 5) is 45.1. The van der Waals surface area contributed by atoms with E-state index in [0.29, 0.717) is 11.1 Å². The third kappa shape index (κ3) is 3.07. The lowest BCUT2D eigenvalue weighted by molar-refractivity contribution is 0.0683. The minimum absolute atomic E-state index is 0.206. The van der Waals surface area contributed by atoms with Gasteiger partial charge in [0.15, 0.2) is 0 Å². The quantitative estimate of drug-likeness (QED) is 0.639. The first-order valence-corrected chi connectivity index (χ1v) is 6.57. The summed E-state index contributed by atoms with van der Waals surface area (Å²) < 4.78 is 0. The maximum Gasteiger partial charge on any atom is 0.336 e. The Morgan fingerprint density at radius 3 is 1.21 bits per heavy atom. The molecule has 0 aliphatic heterocycles. The molecule has 2 amide bonds. The van der Waals surface area contributed by atoms with E-state index in [1.165, 1.54) is 36.4 Å². The number of hydrogen-bond acceptors (Lipinski definition) is 4. The van der Waals surface area contributed by atoms with Crippen LogP contribution in [0, 0.1) is 0 Å². The smallest absolute Gasteiger partial charge is 0.336 e. The molecule has 2 rings (SSSR count). The molecule has 0 spiro atoms. The van der Waals surface area contributed by atoms with Gasteiger partial charge in [0.25, 0.3) is 0 Å². The van der Waals surface area contributed by atoms with Crippen molar-refractivity contribution in [3.63, 3.8) is 0 Å². The second-order valence-corrected chi connectivity index (χ2v) is 4.86. The maximum atomic E-state index is 11.4. The van der Waals surface area contributed by atoms with E-state index in [4.69, 9.17) is 21.7 Å². The van der Waals surface area contributed by atoms with Gasteiger partial charge in [-0.2, -0.15) is 0 Å². The number of carbonyl (C=O) groups is 4. The van der Waals surface area contributed by atoms with Crippen LogP contribution in [0.1, 0.15) is 41.4 Å². The van der Waals surface area contributed by atoms with Gasteiger partial charge < -0.3 is 21.7 Å². The van der Waals surface area contributed by atoms with Crippen molar-refractivity contribution in [1.82, 2.24) is 0 Å². The monoisotopic (exact) mass is 328 g/mol. The van der Waals surface area contributed by atoms with Gasteiger partial charge in [0.1, 0.15) is 0 Å². The van der Waals surface area contributed by atoms with Crippen molar-refractivity contribution in [2.45, 2.75) is 0 Å². The number of primary amides is 2. The third-order valence-electron chi connectivity index (χ3n) is 3.36. The summed E-state index contributed by atoms with van der Waals surface area (Å²) >= 11 is 0. The van der Waals surface area contributed by atoms with E-state index >= 15 is 0 Å². The summed E-state index contributed by atoms with van der Waals surface area (Å²) in [7, 11) is 0. The first-order chi connectivity index (χ1) is 11.2. The second kappa shape index (κ2) is 6.21. The molecule has 24 heavy (non-hydrogen) atoms. The van der Waals surface area contributed by atoms with Gasteiger partial charge in [0, 0.05) is 0 Å². The first kappa shape index (κ1) is 16.7. The van der Waals surface area contributed by atoms with Crippen LogP contribution in [-0.2, 0) is 0 Å². The van der Waals surface area contributed by atoms with Gasteiger partial charge in [-0.05, 0) is 35.4 Å². The van der Waals surface area contributed by atoms with Crippen molar-refractivity contribution < 1.29 is 29.4 Å². The molecular weight excluding hydrogens is 316 g/mol. The first-order valence-electron chi connectivity index (χ1n) is 6.57. The van der Waals surface area contributed by atoms with Crippen molar-refractivity contribution in [3.8, 4) is 11.1 Å². The SMILES string of the molecule is NC(=O)c1cc(-c2ccc(C(=O)O)c(C(N)=O)c2)ccc1C(=O)O. The number of carbonyl (C=O) groups excluding carboxylic acids is 2. The van der Waals surface area contributed by atoms with Gasteiger partial charge in [0.2, 0.25) is 11.8 Å². The van der Waals surface area contributed by atoms with Gasteiger partial charge in [-0.15, -0.1) is 0 Å². The summed E-state index contributed by atoms with van der Waals surface area (Å²) in [6, 6.07) is 7.74. The van der Waals surface area contributed by atoms with Gasteiger partial charge >= 0.3 is 11.9 Å². The van der Waals surface area contributed by atoms with Gasteiger partial charge in [-0.25, -0.2) is 9.59 Å². The molecule has 0 atom stereocenters. The van der Waals surface area contributed by atoms with Crippen LogP contribution in [0.25, 0.3) is 11.1 Å². The topological polar surface area (TPSA) is 161 Å². The van der Waals surface area contributed by atoms with Crippen molar-refractivity contribution in [2.75, 3.05) is 0 Å². The van der Waals surface area contributed by atoms with Crippen LogP contribution in [0.15, 0.2) is 36.4 Å². The zero-order valence-electron chi connectivity index (χ0n) is 12.1. The molecule has 6 N–H and O–H groups in total. The lowest BCUT2D eigenvalue weighted by Crippen LogP contribution is -2.17. The Morgan fingerprint density at radius 1 is 0.625 bits per heavy atom. The highest BCUT2D eigenvalue weighted by Crippen LogP contribution is 2.25. The molecule has 0 bridgehead atoms. The molecule has 0 fully saturated rings. The average molecular weight is 328 g/mol. The molecule has 8 nitrogen and oxygen atoms in total. The highest BCUT2D eigenvalue weighted by atomic mass is 16.4. The van der Waals surface area contributed by atoms with E-state index in [2.05, 4.69) is 0 Å². The summed E-state index contributed by atoms with van der Waals surface area (Å²) in [5, 5.41) is 18.1. The molecule has 0 heterocycles. The van der Waals surface area contributed by atoms with Crippen LogP contribution in [-0.4, -0.2) is 34.0 Å². The Kier molecular flexibility index (Phi) is 4.32. The zero-order valence-corrected chi connectivity index (χ0v) is 12.1. The van der Waals surface area contributed by atoms with E-state index in [1.807, 2.05) is 0 Å². The van der Waals surface area contributed by atoms with Crippen LogP contribution < -0.4 is 11.5 Å². The fourth-order valence-electron chi connectivity index (χ4n) is 2.23. The number of hydrogen-bond donors (Lipinski definition) is 4. The molecule has 0 saturated carbocycles. The Balaban J connectivity index is 2.64. The number of benzene rings is 2. The van der Waals surface area contributed by atoms with Crippen LogP contribution in [0.2, 0.25) is 0 Å². The van der Waals surface area contributed by atoms with Gasteiger partial charge in [-0.3, -0.25) is 9.59 Å². The molecule has 0 aliphatic carbocycles. The predicted molar refractivity (Wildman–Crippen MR) is 82.8 cm³/mol. The van der Waals surface area contributed by atoms with Crippen molar-refractivity contribution in [3.05, 3.63) is 58.7 Å². The molecule has 0 aliphatic rings. The Hall–Kier alpha value is -3.68. The molecule has 0 aromatic heterocycles. The third-order valence-corrected chi connectivity index (χ3v) is 3.36. The predicted octanol–water partition coefficient (Wildman–Crippen LogP) is 0.948. The number of carboxylic acid groups (broad SMARTS) is 2. The molecule has 0 radical (unpaired) electrons. The second-order valence-electron chi connectivity index (χ2n) is 4.86. The van der Waals surface area contributed by atoms with E-state index in [1.54, 1.807) is 0 Å². The lowest BCUT2D eigenvalue weighted by Gasteiger charge is -2.09. The Bertz CT molecular complexity index is 815. The molecule has 2 aromatic rings. The fraction of sp³-hybridized carbons (Fsp3) is 0. The summed E-state index contributed by atoms with van der Waals surface area (Å²) in [5.74, 6) is -4.47. The highest BCUT2D eigenvalue weighted by Gasteiger charge is 2.18. The molecule has 0 saturated heterocycles. The van der Waals surface area contributed by atoms with Crippen molar-refractivity contribution >= 4 is 23.8 Å². The lowest BCUT2D eigenvalue weighted by atomic mass is 9.95. The van der Waals surface area contributed by atoms with Crippen molar-refractivity contribution in [1.29, 1.82) is 0 Å². The van der Waals surface area contributed by atoms with E-state index in [-0.39, 0.29) is 22.3 Å². The number of rotatable bonds is 5. The molecule has 122 valence electrons. The number of aromatic carboxylic acids is 2. The minimum Gasteiger partial charge on any atom is -0.478 e. The highest BCUT2D eigenvalue weighted by molar-refractivity contribution is 6.06. The standard InChI is InChI=1S/C16H12N2O6/c17-13(19)11-5-7(1-3-9(11)15(21)22)8-2-4-10(16(23)24)12(6-8)14(18)20/h1-6H,(H2,17,19)(H2,18,20)(H,21,22)(H,23,24). The largest absolute Gasteiger partial charge is 0.478 e. The molecule has 0 unspecified atom stereocenters. The van der Waals surface area contributed by atoms with Crippen LogP contribution in [0.4, 0.5) is 0 Å². The van der Waals surface area contributed by atoms with Crippen LogP contribution in [0.3, 0.4) is 0 Å².